The van der Waals surface area contributed by atoms with Crippen molar-refractivity contribution in [3.63, 3.8) is 0 Å². The summed E-state index contributed by atoms with van der Waals surface area (Å²) in [5, 5.41) is 0. The lowest BCUT2D eigenvalue weighted by Gasteiger charge is -2.17. The van der Waals surface area contributed by atoms with Gasteiger partial charge in [0.05, 0.1) is 19.1 Å². The molecule has 0 aliphatic heterocycles. The van der Waals surface area contributed by atoms with Crippen molar-refractivity contribution in [2.45, 2.75) is 24.8 Å². The fourth-order valence-corrected chi connectivity index (χ4v) is 3.72. The van der Waals surface area contributed by atoms with Gasteiger partial charge in [-0.25, -0.2) is 13.1 Å². The first-order valence-corrected chi connectivity index (χ1v) is 8.52. The molecule has 124 valence electrons. The summed E-state index contributed by atoms with van der Waals surface area (Å²) in [4.78, 5) is 4.16. The van der Waals surface area contributed by atoms with Gasteiger partial charge < -0.3 is 9.47 Å². The summed E-state index contributed by atoms with van der Waals surface area (Å²) in [6.45, 7) is 3.48. The third kappa shape index (κ3) is 3.80. The number of sulfonamides is 1. The summed E-state index contributed by atoms with van der Waals surface area (Å²) >= 11 is 0. The number of pyridine rings is 1. The third-order valence-electron chi connectivity index (χ3n) is 3.49. The quantitative estimate of drug-likeness (QED) is 0.877. The van der Waals surface area contributed by atoms with Gasteiger partial charge in [-0.1, -0.05) is 6.07 Å². The maximum Gasteiger partial charge on any atom is 0.241 e. The first-order valence-electron chi connectivity index (χ1n) is 7.04. The number of hydrogen-bond donors (Lipinski definition) is 1. The number of aryl methyl sites for hydroxylation is 1. The summed E-state index contributed by atoms with van der Waals surface area (Å²) in [6, 6.07) is 6.29. The minimum absolute atomic E-state index is 0.158. The highest BCUT2D eigenvalue weighted by Gasteiger charge is 2.23. The van der Waals surface area contributed by atoms with Crippen molar-refractivity contribution in [3.05, 3.63) is 47.8 Å². The van der Waals surface area contributed by atoms with Crippen LogP contribution in [0.15, 0.2) is 41.6 Å². The van der Waals surface area contributed by atoms with E-state index in [4.69, 9.17) is 9.47 Å². The minimum Gasteiger partial charge on any atom is -0.493 e. The van der Waals surface area contributed by atoms with E-state index >= 15 is 0 Å². The molecule has 0 aliphatic carbocycles. The van der Waals surface area contributed by atoms with Crippen LogP contribution >= 0.6 is 0 Å². The van der Waals surface area contributed by atoms with Crippen LogP contribution in [0.3, 0.4) is 0 Å². The number of benzene rings is 1. The fraction of sp³-hybridized carbons (Fsp3) is 0.312. The molecule has 2 aromatic rings. The molecule has 1 N–H and O–H groups in total. The van der Waals surface area contributed by atoms with E-state index in [0.717, 1.165) is 5.56 Å². The van der Waals surface area contributed by atoms with Crippen molar-refractivity contribution in [1.29, 1.82) is 0 Å². The van der Waals surface area contributed by atoms with E-state index in [1.165, 1.54) is 20.3 Å². The average molecular weight is 336 g/mol. The molecule has 7 heteroatoms. The highest BCUT2D eigenvalue weighted by atomic mass is 32.2. The summed E-state index contributed by atoms with van der Waals surface area (Å²) in [5.74, 6) is 0.858. The van der Waals surface area contributed by atoms with E-state index < -0.39 is 16.1 Å². The van der Waals surface area contributed by atoms with Gasteiger partial charge >= 0.3 is 0 Å². The van der Waals surface area contributed by atoms with Crippen LogP contribution in [0.2, 0.25) is 0 Å². The Morgan fingerprint density at radius 3 is 2.39 bits per heavy atom. The van der Waals surface area contributed by atoms with Crippen molar-refractivity contribution in [3.8, 4) is 11.5 Å². The smallest absolute Gasteiger partial charge is 0.241 e. The molecule has 0 saturated heterocycles. The number of methoxy groups -OCH3 is 2. The maximum atomic E-state index is 12.7. The Bertz CT molecular complexity index is 776. The number of aromatic nitrogens is 1. The van der Waals surface area contributed by atoms with Crippen molar-refractivity contribution >= 4 is 10.0 Å². The lowest BCUT2D eigenvalue weighted by Crippen LogP contribution is -2.27. The molecule has 0 bridgehead atoms. The second-order valence-corrected chi connectivity index (χ2v) is 6.78. The highest BCUT2D eigenvalue weighted by Crippen LogP contribution is 2.32. The van der Waals surface area contributed by atoms with Crippen LogP contribution in [0.25, 0.3) is 0 Å². The Morgan fingerprint density at radius 1 is 1.17 bits per heavy atom. The van der Waals surface area contributed by atoms with Crippen LogP contribution < -0.4 is 14.2 Å². The largest absolute Gasteiger partial charge is 0.493 e. The van der Waals surface area contributed by atoms with E-state index in [-0.39, 0.29) is 4.90 Å². The van der Waals surface area contributed by atoms with Gasteiger partial charge in [-0.3, -0.25) is 4.98 Å². The molecule has 0 radical (unpaired) electrons. The zero-order valence-electron chi connectivity index (χ0n) is 13.5. The number of nitrogens with one attached hydrogen (secondary N) is 1. The molecule has 0 fully saturated rings. The summed E-state index contributed by atoms with van der Waals surface area (Å²) in [7, 11) is -0.734. The molecular formula is C16H20N2O4S. The molecule has 0 spiro atoms. The van der Waals surface area contributed by atoms with E-state index in [1.54, 1.807) is 38.4 Å². The Labute approximate surface area is 136 Å². The predicted octanol–water partition coefficient (Wildman–Crippen LogP) is 2.45. The van der Waals surface area contributed by atoms with Crippen LogP contribution in [0.4, 0.5) is 0 Å². The predicted molar refractivity (Wildman–Crippen MR) is 87.3 cm³/mol. The van der Waals surface area contributed by atoms with Crippen molar-refractivity contribution in [1.82, 2.24) is 9.71 Å². The van der Waals surface area contributed by atoms with Gasteiger partial charge in [0.25, 0.3) is 0 Å². The lowest BCUT2D eigenvalue weighted by atomic mass is 10.2. The van der Waals surface area contributed by atoms with E-state index in [9.17, 15) is 8.42 Å². The molecular weight excluding hydrogens is 316 g/mol. The number of nitrogens with zero attached hydrogens (tertiary/aromatic N) is 1. The van der Waals surface area contributed by atoms with Gasteiger partial charge in [-0.2, -0.15) is 0 Å². The fourth-order valence-electron chi connectivity index (χ4n) is 2.25. The molecule has 1 aromatic carbocycles. The van der Waals surface area contributed by atoms with Gasteiger partial charge in [0.1, 0.15) is 0 Å². The van der Waals surface area contributed by atoms with Crippen LogP contribution in [0, 0.1) is 6.92 Å². The van der Waals surface area contributed by atoms with Crippen molar-refractivity contribution in [2.75, 3.05) is 14.2 Å². The van der Waals surface area contributed by atoms with Gasteiger partial charge in [-0.05, 0) is 37.1 Å². The first-order chi connectivity index (χ1) is 10.9. The van der Waals surface area contributed by atoms with E-state index in [1.807, 2.05) is 6.07 Å². The standard InChI is InChI=1S/C16H20N2O4S/c1-11-8-14(21-3)15(22-4)9-16(11)23(19,20)18-12(2)13-6-5-7-17-10-13/h5-10,12,18H,1-4H3/t12-/m1/s1. The molecule has 6 nitrogen and oxygen atoms in total. The molecule has 1 heterocycles. The number of hydrogen-bond acceptors (Lipinski definition) is 5. The average Bonchev–Trinajstić information content (AvgIpc) is 2.54. The molecule has 0 unspecified atom stereocenters. The second kappa shape index (κ2) is 6.97. The molecule has 1 atom stereocenters. The molecule has 23 heavy (non-hydrogen) atoms. The minimum atomic E-state index is -3.71. The SMILES string of the molecule is COc1cc(C)c(S(=O)(=O)N[C@H](C)c2cccnc2)cc1OC. The van der Waals surface area contributed by atoms with Crippen LogP contribution in [-0.2, 0) is 10.0 Å². The Hall–Kier alpha value is -2.12. The summed E-state index contributed by atoms with van der Waals surface area (Å²) in [5.41, 5.74) is 1.36. The monoisotopic (exact) mass is 336 g/mol. The lowest BCUT2D eigenvalue weighted by molar-refractivity contribution is 0.353. The maximum absolute atomic E-state index is 12.7. The number of ether oxygens (including phenoxy) is 2. The molecule has 0 amide bonds. The van der Waals surface area contributed by atoms with Crippen LogP contribution in [0.5, 0.6) is 11.5 Å². The topological polar surface area (TPSA) is 77.5 Å². The Kier molecular flexibility index (Phi) is 5.23. The van der Waals surface area contributed by atoms with Gasteiger partial charge in [0, 0.05) is 24.5 Å². The van der Waals surface area contributed by atoms with Gasteiger partial charge in [0.15, 0.2) is 11.5 Å². The van der Waals surface area contributed by atoms with Crippen LogP contribution in [-0.4, -0.2) is 27.6 Å². The van der Waals surface area contributed by atoms with Gasteiger partial charge in [-0.15, -0.1) is 0 Å². The molecule has 2 rings (SSSR count). The second-order valence-electron chi connectivity index (χ2n) is 5.10. The van der Waals surface area contributed by atoms with E-state index in [0.29, 0.717) is 17.1 Å². The Morgan fingerprint density at radius 2 is 1.83 bits per heavy atom. The third-order valence-corrected chi connectivity index (χ3v) is 5.17. The Balaban J connectivity index is 2.36. The van der Waals surface area contributed by atoms with E-state index in [2.05, 4.69) is 9.71 Å². The normalized spacial score (nSPS) is 12.7. The van der Waals surface area contributed by atoms with Crippen LogP contribution in [0.1, 0.15) is 24.1 Å². The number of rotatable bonds is 6. The zero-order valence-corrected chi connectivity index (χ0v) is 14.3. The van der Waals surface area contributed by atoms with Crippen molar-refractivity contribution in [2.24, 2.45) is 0 Å². The summed E-state index contributed by atoms with van der Waals surface area (Å²) < 4.78 is 38.4. The molecule has 0 saturated carbocycles. The zero-order chi connectivity index (χ0) is 17.0. The molecule has 0 aliphatic rings. The first kappa shape index (κ1) is 17.2. The molecule has 1 aromatic heterocycles. The van der Waals surface area contributed by atoms with Crippen molar-refractivity contribution < 1.29 is 17.9 Å². The summed E-state index contributed by atoms with van der Waals surface area (Å²) in [6.07, 6.45) is 3.28. The van der Waals surface area contributed by atoms with Gasteiger partial charge in [0.2, 0.25) is 10.0 Å². The highest BCUT2D eigenvalue weighted by molar-refractivity contribution is 7.89.